The van der Waals surface area contributed by atoms with E-state index in [1.165, 1.54) is 18.2 Å². The highest BCUT2D eigenvalue weighted by Crippen LogP contribution is 2.27. The molecule has 0 unspecified atom stereocenters. The van der Waals surface area contributed by atoms with Gasteiger partial charge in [0, 0.05) is 31.9 Å². The number of primary amides is 1. The molecule has 6 N–H and O–H groups in total. The fourth-order valence-electron chi connectivity index (χ4n) is 3.59. The number of anilines is 3. The maximum absolute atomic E-state index is 12.5. The van der Waals surface area contributed by atoms with Crippen molar-refractivity contribution >= 4 is 29.1 Å². The number of nitrogens with zero attached hydrogens (tertiary/aromatic N) is 3. The van der Waals surface area contributed by atoms with Crippen molar-refractivity contribution in [3.63, 3.8) is 0 Å². The minimum Gasteiger partial charge on any atom is -0.496 e. The van der Waals surface area contributed by atoms with E-state index < -0.39 is 5.91 Å². The zero-order chi connectivity index (χ0) is 22.5. The molecule has 1 aliphatic carbocycles. The van der Waals surface area contributed by atoms with Gasteiger partial charge in [0.15, 0.2) is 11.5 Å². The molecule has 0 bridgehead atoms. The maximum Gasteiger partial charge on any atom is 0.271 e. The third-order valence-electron chi connectivity index (χ3n) is 5.26. The van der Waals surface area contributed by atoms with Crippen molar-refractivity contribution in [3.8, 4) is 5.75 Å². The van der Waals surface area contributed by atoms with Crippen LogP contribution in [-0.2, 0) is 0 Å². The Kier molecular flexibility index (Phi) is 6.91. The van der Waals surface area contributed by atoms with E-state index in [0.717, 1.165) is 25.7 Å². The van der Waals surface area contributed by atoms with Gasteiger partial charge >= 0.3 is 0 Å². The number of benzene rings is 1. The van der Waals surface area contributed by atoms with Crippen molar-refractivity contribution in [2.45, 2.75) is 37.8 Å². The zero-order valence-electron chi connectivity index (χ0n) is 18.0. The third-order valence-corrected chi connectivity index (χ3v) is 5.26. The fraction of sp³-hybridized carbons (Fsp3) is 0.429. The van der Waals surface area contributed by atoms with Gasteiger partial charge < -0.3 is 31.7 Å². The summed E-state index contributed by atoms with van der Waals surface area (Å²) in [7, 11) is 4.81. The molecule has 1 aliphatic rings. The molecule has 0 aliphatic heterocycles. The molecule has 0 radical (unpaired) electrons. The first-order valence-electron chi connectivity index (χ1n) is 10.2. The van der Waals surface area contributed by atoms with Crippen molar-refractivity contribution in [1.29, 1.82) is 0 Å². The average molecular weight is 428 g/mol. The number of hydrogen-bond acceptors (Lipinski definition) is 8. The molecule has 10 nitrogen and oxygen atoms in total. The number of methoxy groups -OCH3 is 1. The summed E-state index contributed by atoms with van der Waals surface area (Å²) in [6.45, 7) is 0. The molecule has 0 saturated heterocycles. The molecular weight excluding hydrogens is 398 g/mol. The molecule has 1 saturated carbocycles. The van der Waals surface area contributed by atoms with Gasteiger partial charge in [0.05, 0.1) is 18.9 Å². The lowest BCUT2D eigenvalue weighted by atomic mass is 9.91. The Labute approximate surface area is 181 Å². The van der Waals surface area contributed by atoms with Gasteiger partial charge in [-0.3, -0.25) is 9.59 Å². The predicted molar refractivity (Wildman–Crippen MR) is 119 cm³/mol. The van der Waals surface area contributed by atoms with Crippen molar-refractivity contribution in [1.82, 2.24) is 14.9 Å². The normalized spacial score (nSPS) is 18.2. The third kappa shape index (κ3) is 5.21. The number of nitrogens with one attached hydrogen (secondary N) is 2. The van der Waals surface area contributed by atoms with E-state index in [1.807, 2.05) is 0 Å². The first kappa shape index (κ1) is 22.3. The van der Waals surface area contributed by atoms with Crippen LogP contribution in [0.5, 0.6) is 5.75 Å². The molecule has 31 heavy (non-hydrogen) atoms. The smallest absolute Gasteiger partial charge is 0.271 e. The maximum atomic E-state index is 12.5. The quantitative estimate of drug-likeness (QED) is 0.522. The Balaban J connectivity index is 1.91. The average Bonchev–Trinajstić information content (AvgIpc) is 2.74. The minimum absolute atomic E-state index is 0.00482. The van der Waals surface area contributed by atoms with Crippen LogP contribution in [0, 0.1) is 0 Å². The summed E-state index contributed by atoms with van der Waals surface area (Å²) in [6, 6.07) is 5.13. The second-order valence-electron chi connectivity index (χ2n) is 7.76. The number of nitrogens with two attached hydrogens (primary N) is 2. The van der Waals surface area contributed by atoms with Gasteiger partial charge in [-0.1, -0.05) is 12.8 Å². The summed E-state index contributed by atoms with van der Waals surface area (Å²) in [5.41, 5.74) is 12.6. The predicted octanol–water partition coefficient (Wildman–Crippen LogP) is 1.71. The molecule has 2 atom stereocenters. The van der Waals surface area contributed by atoms with Crippen LogP contribution >= 0.6 is 0 Å². The Bertz CT molecular complexity index is 964. The number of hydrogen-bond donors (Lipinski definition) is 4. The Morgan fingerprint density at radius 1 is 1.23 bits per heavy atom. The van der Waals surface area contributed by atoms with E-state index in [9.17, 15) is 9.59 Å². The van der Waals surface area contributed by atoms with E-state index in [4.69, 9.17) is 16.2 Å². The van der Waals surface area contributed by atoms with E-state index in [-0.39, 0.29) is 29.5 Å². The van der Waals surface area contributed by atoms with Gasteiger partial charge in [-0.15, -0.1) is 0 Å². The van der Waals surface area contributed by atoms with Gasteiger partial charge in [0.25, 0.3) is 11.8 Å². The highest BCUT2D eigenvalue weighted by Gasteiger charge is 2.23. The van der Waals surface area contributed by atoms with Crippen LogP contribution in [0.4, 0.5) is 17.3 Å². The fourth-order valence-corrected chi connectivity index (χ4v) is 3.59. The van der Waals surface area contributed by atoms with E-state index in [1.54, 1.807) is 32.3 Å². The van der Waals surface area contributed by atoms with Gasteiger partial charge in [-0.05, 0) is 31.0 Å². The van der Waals surface area contributed by atoms with Crippen LogP contribution in [0.1, 0.15) is 46.5 Å². The molecule has 0 spiro atoms. The molecule has 10 heteroatoms. The van der Waals surface area contributed by atoms with Crippen molar-refractivity contribution < 1.29 is 14.3 Å². The second kappa shape index (κ2) is 9.61. The molecule has 2 aromatic rings. The van der Waals surface area contributed by atoms with Gasteiger partial charge in [0.1, 0.15) is 11.6 Å². The lowest BCUT2D eigenvalue weighted by Crippen LogP contribution is -2.42. The van der Waals surface area contributed by atoms with E-state index >= 15 is 0 Å². The number of rotatable bonds is 7. The van der Waals surface area contributed by atoms with Gasteiger partial charge in [0.2, 0.25) is 0 Å². The molecular formula is C21H29N7O3. The second-order valence-corrected chi connectivity index (χ2v) is 7.76. The van der Waals surface area contributed by atoms with Gasteiger partial charge in [-0.2, -0.15) is 0 Å². The monoisotopic (exact) mass is 427 g/mol. The molecule has 1 aromatic carbocycles. The topological polar surface area (TPSA) is 148 Å². The van der Waals surface area contributed by atoms with Crippen molar-refractivity contribution in [2.75, 3.05) is 31.8 Å². The first-order chi connectivity index (χ1) is 14.8. The summed E-state index contributed by atoms with van der Waals surface area (Å²) in [6.07, 6.45) is 5.57. The SMILES string of the molecule is COc1ccc(Nc2nc(N[C@@H]3CCCC[C@@H]3N)cnc2C(N)=O)cc1C(=O)N(C)C. The standard InChI is InChI=1S/C21H29N7O3/c1-28(2)21(30)13-10-12(8-9-16(13)31-3)25-20-18(19(23)29)24-11-17(27-20)26-15-7-5-4-6-14(15)22/h8-11,14-15H,4-7,22H2,1-3H3,(H2,23,29)(H2,25,26,27)/t14-,15+/m0/s1. The minimum atomic E-state index is -0.714. The first-order valence-corrected chi connectivity index (χ1v) is 10.2. The summed E-state index contributed by atoms with van der Waals surface area (Å²) >= 11 is 0. The molecule has 2 amide bonds. The Morgan fingerprint density at radius 2 is 1.97 bits per heavy atom. The summed E-state index contributed by atoms with van der Waals surface area (Å²) in [5, 5.41) is 6.37. The highest BCUT2D eigenvalue weighted by atomic mass is 16.5. The lowest BCUT2D eigenvalue weighted by molar-refractivity contribution is 0.0824. The van der Waals surface area contributed by atoms with Crippen molar-refractivity contribution in [2.24, 2.45) is 11.5 Å². The van der Waals surface area contributed by atoms with Crippen molar-refractivity contribution in [3.05, 3.63) is 35.7 Å². The molecule has 1 heterocycles. The molecule has 1 fully saturated rings. The van der Waals surface area contributed by atoms with Crippen LogP contribution in [0.25, 0.3) is 0 Å². The van der Waals surface area contributed by atoms with Crippen LogP contribution in [0.3, 0.4) is 0 Å². The number of amides is 2. The van der Waals surface area contributed by atoms with Crippen LogP contribution in [0.15, 0.2) is 24.4 Å². The molecule has 3 rings (SSSR count). The van der Waals surface area contributed by atoms with Gasteiger partial charge in [-0.25, -0.2) is 9.97 Å². The van der Waals surface area contributed by atoms with Crippen LogP contribution in [0.2, 0.25) is 0 Å². The number of ether oxygens (including phenoxy) is 1. The largest absolute Gasteiger partial charge is 0.496 e. The molecule has 166 valence electrons. The summed E-state index contributed by atoms with van der Waals surface area (Å²) < 4.78 is 5.30. The molecule has 1 aromatic heterocycles. The highest BCUT2D eigenvalue weighted by molar-refractivity contribution is 5.99. The van der Waals surface area contributed by atoms with E-state index in [0.29, 0.717) is 22.8 Å². The van der Waals surface area contributed by atoms with Crippen LogP contribution in [-0.4, -0.2) is 60.0 Å². The zero-order valence-corrected chi connectivity index (χ0v) is 18.0. The summed E-state index contributed by atoms with van der Waals surface area (Å²) in [5.74, 6) is 0.188. The lowest BCUT2D eigenvalue weighted by Gasteiger charge is -2.29. The Hall–Kier alpha value is -3.40. The summed E-state index contributed by atoms with van der Waals surface area (Å²) in [4.78, 5) is 34.5. The number of aromatic nitrogens is 2. The Morgan fingerprint density at radius 3 is 2.61 bits per heavy atom. The van der Waals surface area contributed by atoms with E-state index in [2.05, 4.69) is 20.6 Å². The number of carbonyl (C=O) groups excluding carboxylic acids is 2. The van der Waals surface area contributed by atoms with Crippen LogP contribution < -0.4 is 26.8 Å². The number of carbonyl (C=O) groups is 2.